The van der Waals surface area contributed by atoms with Gasteiger partial charge in [0.25, 0.3) is 0 Å². The normalized spacial score (nSPS) is 18.5. The number of nitrogens with zero attached hydrogens (tertiary/aromatic N) is 1. The van der Waals surface area contributed by atoms with Crippen LogP contribution in [-0.2, 0) is 31.8 Å². The van der Waals surface area contributed by atoms with E-state index in [-0.39, 0.29) is 61.3 Å². The number of benzene rings is 5. The molecule has 2 fully saturated rings. The average molecular weight is 956 g/mol. The van der Waals surface area contributed by atoms with E-state index in [0.717, 1.165) is 65.1 Å². The van der Waals surface area contributed by atoms with Crippen molar-refractivity contribution in [3.05, 3.63) is 148 Å². The lowest BCUT2D eigenvalue weighted by Gasteiger charge is -2.36. The second kappa shape index (κ2) is 22.1. The molecule has 1 aliphatic heterocycles. The molecule has 12 heteroatoms. The van der Waals surface area contributed by atoms with E-state index < -0.39 is 35.4 Å². The van der Waals surface area contributed by atoms with Crippen molar-refractivity contribution < 1.29 is 41.8 Å². The molecule has 0 radical (unpaired) electrons. The summed E-state index contributed by atoms with van der Waals surface area (Å²) in [7, 11) is 0. The van der Waals surface area contributed by atoms with E-state index in [4.69, 9.17) is 14.2 Å². The van der Waals surface area contributed by atoms with Crippen LogP contribution in [0.3, 0.4) is 0 Å². The monoisotopic (exact) mass is 955 g/mol. The maximum Gasteiger partial charge on any atom is 0.417 e. The molecule has 0 bridgehead atoms. The highest BCUT2D eigenvalue weighted by Crippen LogP contribution is 2.45. The number of halogens is 3. The Morgan fingerprint density at radius 1 is 0.743 bits per heavy atom. The van der Waals surface area contributed by atoms with Gasteiger partial charge in [-0.2, -0.15) is 13.2 Å². The summed E-state index contributed by atoms with van der Waals surface area (Å²) in [6.07, 6.45) is 2.99. The molecule has 70 heavy (non-hydrogen) atoms. The van der Waals surface area contributed by atoms with Crippen LogP contribution < -0.4 is 15.4 Å². The Kier molecular flexibility index (Phi) is 15.8. The quantitative estimate of drug-likeness (QED) is 0.0611. The Balaban J connectivity index is 0.896. The Labute approximate surface area is 409 Å². The lowest BCUT2D eigenvalue weighted by molar-refractivity contribution is -0.163. The number of piperidine rings is 1. The van der Waals surface area contributed by atoms with Crippen molar-refractivity contribution in [1.29, 1.82) is 0 Å². The number of rotatable bonds is 15. The largest absolute Gasteiger partial charge is 0.491 e. The molecule has 2 amide bonds. The fourth-order valence-electron chi connectivity index (χ4n) is 10.2. The van der Waals surface area contributed by atoms with Gasteiger partial charge in [0.05, 0.1) is 12.1 Å². The number of hydrogen-bond acceptors (Lipinski definition) is 7. The Hall–Kier alpha value is -6.40. The summed E-state index contributed by atoms with van der Waals surface area (Å²) >= 11 is 0. The van der Waals surface area contributed by atoms with Gasteiger partial charge in [0.2, 0.25) is 5.91 Å². The fourth-order valence-corrected chi connectivity index (χ4v) is 10.2. The highest BCUT2D eigenvalue weighted by atomic mass is 19.4. The van der Waals surface area contributed by atoms with E-state index in [2.05, 4.69) is 34.9 Å². The molecule has 2 N–H and O–H groups in total. The molecule has 1 saturated carbocycles. The van der Waals surface area contributed by atoms with E-state index >= 15 is 13.2 Å². The number of amides is 2. The molecule has 1 heterocycles. The van der Waals surface area contributed by atoms with Crippen LogP contribution >= 0.6 is 0 Å². The Morgan fingerprint density at radius 3 is 2.09 bits per heavy atom. The molecule has 0 spiro atoms. The number of alkyl halides is 3. The molecular formula is C58H64F3N3O6. The van der Waals surface area contributed by atoms with Gasteiger partial charge < -0.3 is 24.8 Å². The van der Waals surface area contributed by atoms with E-state index in [1.54, 1.807) is 26.8 Å². The van der Waals surface area contributed by atoms with Crippen LogP contribution in [0.2, 0.25) is 0 Å². The first kappa shape index (κ1) is 50.0. The van der Waals surface area contributed by atoms with Crippen LogP contribution in [0.4, 0.5) is 18.0 Å². The van der Waals surface area contributed by atoms with Crippen molar-refractivity contribution >= 4 is 30.1 Å². The minimum Gasteiger partial charge on any atom is -0.491 e. The maximum absolute atomic E-state index is 15.0. The van der Waals surface area contributed by atoms with Crippen molar-refractivity contribution in [2.24, 2.45) is 11.8 Å². The number of ether oxygens (including phenoxy) is 3. The topological polar surface area (TPSA) is 106 Å². The van der Waals surface area contributed by atoms with Gasteiger partial charge in [0.15, 0.2) is 0 Å². The number of esters is 1. The molecular weight excluding hydrogens is 892 g/mol. The molecule has 1 saturated heterocycles. The standard InChI is InChI=1S/C58H64F3N3O6/c1-38-40(17-14-22-45(38)41-15-6-5-7-16-41)28-29-43-34-53(44(33-51(43)58(59,60)61)36-64-31-13-12-23-52(64)55(66)70-57(2,3)4)68-32-30-62-54(65)42-26-24-39(25-27-42)35-63-56(67)69-37-50-48-20-10-8-18-46(48)47-19-9-11-21-49(47)50/h5-11,14-22,28-29,33-34,39,42,50,52H,12-13,23-27,30-32,35-37H2,1-4H3,(H,62,65)(H,63,67)/b29-28+/t39?,42?,52-/m0/s1. The first-order valence-electron chi connectivity index (χ1n) is 24.7. The number of carbonyl (C=O) groups excluding carboxylic acids is 3. The highest BCUT2D eigenvalue weighted by Gasteiger charge is 2.37. The third kappa shape index (κ3) is 12.3. The SMILES string of the molecule is Cc1c(/C=C/c2cc(OCCNC(=O)C3CCC(CNC(=O)OCC4c5ccccc5-c5ccccc54)CC3)c(CN3CCCC[C@H]3C(=O)OC(C)(C)C)cc2C(F)(F)F)cccc1-c1ccccc1. The summed E-state index contributed by atoms with van der Waals surface area (Å²) in [5.41, 5.74) is 7.03. The molecule has 3 aliphatic rings. The number of likely N-dealkylation sites (tertiary alicyclic amines) is 1. The summed E-state index contributed by atoms with van der Waals surface area (Å²) in [4.78, 5) is 41.6. The van der Waals surface area contributed by atoms with Gasteiger partial charge >= 0.3 is 18.2 Å². The van der Waals surface area contributed by atoms with Crippen LogP contribution in [0.5, 0.6) is 5.75 Å². The minimum absolute atomic E-state index is 0.0143. The lowest BCUT2D eigenvalue weighted by atomic mass is 9.81. The molecule has 0 aromatic heterocycles. The predicted molar refractivity (Wildman–Crippen MR) is 268 cm³/mol. The van der Waals surface area contributed by atoms with E-state index in [1.165, 1.54) is 23.3 Å². The molecule has 1 atom stereocenters. The molecule has 5 aromatic carbocycles. The third-order valence-corrected chi connectivity index (χ3v) is 13.9. The predicted octanol–water partition coefficient (Wildman–Crippen LogP) is 12.4. The van der Waals surface area contributed by atoms with Crippen LogP contribution in [0, 0.1) is 18.8 Å². The van der Waals surface area contributed by atoms with Crippen LogP contribution in [0.15, 0.2) is 109 Å². The van der Waals surface area contributed by atoms with E-state index in [9.17, 15) is 14.4 Å². The molecule has 5 aromatic rings. The molecule has 2 aliphatic carbocycles. The van der Waals surface area contributed by atoms with Gasteiger partial charge in [-0.1, -0.05) is 116 Å². The van der Waals surface area contributed by atoms with Crippen molar-refractivity contribution in [2.45, 2.75) is 103 Å². The molecule has 8 rings (SSSR count). The van der Waals surface area contributed by atoms with Gasteiger partial charge in [-0.05, 0) is 141 Å². The molecule has 0 unspecified atom stereocenters. The average Bonchev–Trinajstić information content (AvgIpc) is 3.67. The number of alkyl carbamates (subject to hydrolysis) is 1. The number of fused-ring (bicyclic) bond motifs is 3. The smallest absolute Gasteiger partial charge is 0.417 e. The second-order valence-corrected chi connectivity index (χ2v) is 19.8. The summed E-state index contributed by atoms with van der Waals surface area (Å²) in [5, 5.41) is 5.94. The van der Waals surface area contributed by atoms with Gasteiger partial charge in [0.1, 0.15) is 30.6 Å². The van der Waals surface area contributed by atoms with Crippen LogP contribution in [-0.4, -0.2) is 67.4 Å². The first-order valence-corrected chi connectivity index (χ1v) is 24.7. The van der Waals surface area contributed by atoms with Gasteiger partial charge in [-0.15, -0.1) is 0 Å². The van der Waals surface area contributed by atoms with E-state index in [0.29, 0.717) is 37.9 Å². The number of hydrogen-bond donors (Lipinski definition) is 2. The van der Waals surface area contributed by atoms with Crippen LogP contribution in [0.25, 0.3) is 34.4 Å². The summed E-state index contributed by atoms with van der Waals surface area (Å²) in [6.45, 7) is 8.75. The first-order chi connectivity index (χ1) is 33.6. The zero-order valence-electron chi connectivity index (χ0n) is 40.6. The second-order valence-electron chi connectivity index (χ2n) is 19.8. The van der Waals surface area contributed by atoms with Crippen LogP contribution in [0.1, 0.15) is 111 Å². The zero-order chi connectivity index (χ0) is 49.4. The zero-order valence-corrected chi connectivity index (χ0v) is 40.6. The molecule has 368 valence electrons. The summed E-state index contributed by atoms with van der Waals surface area (Å²) < 4.78 is 62.9. The van der Waals surface area contributed by atoms with Crippen molar-refractivity contribution in [1.82, 2.24) is 15.5 Å². The van der Waals surface area contributed by atoms with Crippen molar-refractivity contribution in [3.8, 4) is 28.0 Å². The maximum atomic E-state index is 15.0. The summed E-state index contributed by atoms with van der Waals surface area (Å²) in [5.74, 6) is -0.287. The minimum atomic E-state index is -4.69. The summed E-state index contributed by atoms with van der Waals surface area (Å²) in [6, 6.07) is 34.0. The number of nitrogens with one attached hydrogen (secondary N) is 2. The highest BCUT2D eigenvalue weighted by molar-refractivity contribution is 5.81. The Morgan fingerprint density at radius 2 is 1.40 bits per heavy atom. The Bertz CT molecular complexity index is 2620. The fraction of sp³-hybridized carbons (Fsp3) is 0.397. The van der Waals surface area contributed by atoms with Gasteiger partial charge in [-0.3, -0.25) is 14.5 Å². The molecule has 9 nitrogen and oxygen atoms in total. The van der Waals surface area contributed by atoms with E-state index in [1.807, 2.05) is 84.6 Å². The third-order valence-electron chi connectivity index (χ3n) is 13.9. The van der Waals surface area contributed by atoms with Gasteiger partial charge in [0, 0.05) is 30.5 Å². The van der Waals surface area contributed by atoms with Crippen molar-refractivity contribution in [2.75, 3.05) is 32.8 Å². The van der Waals surface area contributed by atoms with Crippen molar-refractivity contribution in [3.63, 3.8) is 0 Å². The number of carbonyl (C=O) groups is 3. The van der Waals surface area contributed by atoms with Gasteiger partial charge in [-0.25, -0.2) is 4.79 Å². The lowest BCUT2D eigenvalue weighted by Crippen LogP contribution is -2.46.